The number of benzene rings is 2. The minimum absolute atomic E-state index is 0.114. The van der Waals surface area contributed by atoms with Crippen LogP contribution in [0, 0.1) is 0 Å². The molecular formula is C28H32N4O2. The Bertz CT molecular complexity index is 1230. The van der Waals surface area contributed by atoms with Crippen molar-refractivity contribution in [3.63, 3.8) is 0 Å². The fourth-order valence-electron chi connectivity index (χ4n) is 4.11. The highest BCUT2D eigenvalue weighted by Crippen LogP contribution is 2.26. The minimum atomic E-state index is -0.114. The van der Waals surface area contributed by atoms with Gasteiger partial charge < -0.3 is 14.2 Å². The number of pyridine rings is 1. The van der Waals surface area contributed by atoms with Gasteiger partial charge in [-0.25, -0.2) is 4.98 Å². The van der Waals surface area contributed by atoms with Crippen LogP contribution in [0.2, 0.25) is 0 Å². The van der Waals surface area contributed by atoms with Gasteiger partial charge in [0, 0.05) is 19.8 Å². The topological polar surface area (TPSA) is 60.2 Å². The van der Waals surface area contributed by atoms with Gasteiger partial charge in [0.15, 0.2) is 0 Å². The van der Waals surface area contributed by atoms with Gasteiger partial charge in [-0.05, 0) is 54.7 Å². The second kappa shape index (κ2) is 11.0. The van der Waals surface area contributed by atoms with E-state index >= 15 is 0 Å². The maximum absolute atomic E-state index is 12.8. The van der Waals surface area contributed by atoms with Crippen LogP contribution in [0.25, 0.3) is 11.0 Å². The lowest BCUT2D eigenvalue weighted by Gasteiger charge is -2.18. The molecule has 0 bridgehead atoms. The molecule has 0 atom stereocenters. The van der Waals surface area contributed by atoms with Gasteiger partial charge in [-0.15, -0.1) is 0 Å². The van der Waals surface area contributed by atoms with Crippen LogP contribution in [-0.2, 0) is 13.1 Å². The van der Waals surface area contributed by atoms with Crippen LogP contribution < -0.4 is 4.74 Å². The fraction of sp³-hybridized carbons (Fsp3) is 0.321. The molecule has 1 amide bonds. The van der Waals surface area contributed by atoms with E-state index in [9.17, 15) is 4.79 Å². The molecule has 2 aromatic carbocycles. The van der Waals surface area contributed by atoms with Gasteiger partial charge in [-0.2, -0.15) is 0 Å². The third-order valence-corrected chi connectivity index (χ3v) is 5.92. The molecule has 0 spiro atoms. The van der Waals surface area contributed by atoms with Crippen LogP contribution in [0.15, 0.2) is 72.9 Å². The number of hydrogen-bond acceptors (Lipinski definition) is 4. The van der Waals surface area contributed by atoms with Crippen molar-refractivity contribution in [3.05, 3.63) is 90.0 Å². The van der Waals surface area contributed by atoms with Crippen LogP contribution in [-0.4, -0.2) is 39.0 Å². The minimum Gasteiger partial charge on any atom is -0.493 e. The summed E-state index contributed by atoms with van der Waals surface area (Å²) in [4.78, 5) is 23.5. The molecule has 34 heavy (non-hydrogen) atoms. The highest BCUT2D eigenvalue weighted by Gasteiger charge is 2.17. The van der Waals surface area contributed by atoms with Crippen LogP contribution >= 0.6 is 0 Å². The number of rotatable bonds is 10. The predicted molar refractivity (Wildman–Crippen MR) is 135 cm³/mol. The third kappa shape index (κ3) is 5.45. The zero-order valence-electron chi connectivity index (χ0n) is 20.1. The summed E-state index contributed by atoms with van der Waals surface area (Å²) in [5, 5.41) is 0. The molecule has 2 aromatic heterocycles. The normalized spacial score (nSPS) is 11.2. The van der Waals surface area contributed by atoms with Crippen LogP contribution in [0.5, 0.6) is 5.75 Å². The van der Waals surface area contributed by atoms with Gasteiger partial charge in [0.1, 0.15) is 17.3 Å². The average molecular weight is 457 g/mol. The summed E-state index contributed by atoms with van der Waals surface area (Å²) >= 11 is 0. The second-order valence-corrected chi connectivity index (χ2v) is 8.79. The van der Waals surface area contributed by atoms with Crippen molar-refractivity contribution in [2.75, 3.05) is 13.7 Å². The molecule has 6 heteroatoms. The van der Waals surface area contributed by atoms with Crippen LogP contribution in [0.4, 0.5) is 0 Å². The number of imidazole rings is 1. The number of unbranched alkanes of at least 4 members (excludes halogenated alkanes) is 1. The number of para-hydroxylation sites is 3. The van der Waals surface area contributed by atoms with E-state index in [-0.39, 0.29) is 5.91 Å². The van der Waals surface area contributed by atoms with Gasteiger partial charge in [0.05, 0.1) is 24.2 Å². The van der Waals surface area contributed by atoms with E-state index in [0.29, 0.717) is 24.8 Å². The molecule has 0 saturated carbocycles. The summed E-state index contributed by atoms with van der Waals surface area (Å²) in [6.45, 7) is 6.27. The first-order chi connectivity index (χ1) is 16.5. The summed E-state index contributed by atoms with van der Waals surface area (Å²) in [7, 11) is 1.79. The van der Waals surface area contributed by atoms with E-state index in [1.807, 2.05) is 36.4 Å². The predicted octanol–water partition coefficient (Wildman–Crippen LogP) is 5.69. The summed E-state index contributed by atoms with van der Waals surface area (Å²) in [6, 6.07) is 21.7. The number of ether oxygens (including phenoxy) is 1. The van der Waals surface area contributed by atoms with Crippen molar-refractivity contribution < 1.29 is 9.53 Å². The lowest BCUT2D eigenvalue weighted by molar-refractivity contribution is 0.0774. The molecule has 0 fully saturated rings. The molecule has 0 aliphatic heterocycles. The average Bonchev–Trinajstić information content (AvgIpc) is 3.20. The first-order valence-electron chi connectivity index (χ1n) is 11.9. The molecule has 0 radical (unpaired) electrons. The number of aryl methyl sites for hydroxylation is 1. The lowest BCUT2D eigenvalue weighted by atomic mass is 10.0. The Morgan fingerprint density at radius 3 is 2.56 bits per heavy atom. The van der Waals surface area contributed by atoms with Gasteiger partial charge >= 0.3 is 0 Å². The van der Waals surface area contributed by atoms with Crippen molar-refractivity contribution in [1.29, 1.82) is 0 Å². The highest BCUT2D eigenvalue weighted by atomic mass is 16.5. The van der Waals surface area contributed by atoms with Gasteiger partial charge in [-0.3, -0.25) is 9.78 Å². The molecule has 0 aliphatic carbocycles. The van der Waals surface area contributed by atoms with Gasteiger partial charge in [0.25, 0.3) is 5.91 Å². The highest BCUT2D eigenvalue weighted by molar-refractivity contribution is 5.92. The van der Waals surface area contributed by atoms with Crippen LogP contribution in [0.3, 0.4) is 0 Å². The Labute approximate surface area is 201 Å². The lowest BCUT2D eigenvalue weighted by Crippen LogP contribution is -2.28. The van der Waals surface area contributed by atoms with E-state index in [1.54, 1.807) is 30.3 Å². The van der Waals surface area contributed by atoms with Crippen molar-refractivity contribution in [3.8, 4) is 5.75 Å². The Morgan fingerprint density at radius 2 is 1.76 bits per heavy atom. The fourth-order valence-corrected chi connectivity index (χ4v) is 4.11. The third-order valence-electron chi connectivity index (χ3n) is 5.92. The van der Waals surface area contributed by atoms with E-state index in [1.165, 1.54) is 5.56 Å². The maximum atomic E-state index is 12.8. The number of hydrogen-bond donors (Lipinski definition) is 0. The van der Waals surface area contributed by atoms with Crippen molar-refractivity contribution in [2.45, 2.75) is 45.7 Å². The number of amides is 1. The van der Waals surface area contributed by atoms with Crippen LogP contribution in [0.1, 0.15) is 54.5 Å². The molecular weight excluding hydrogens is 424 g/mol. The number of fused-ring (bicyclic) bond motifs is 1. The number of carbonyl (C=O) groups excluding carboxylic acids is 1. The Balaban J connectivity index is 1.41. The Morgan fingerprint density at radius 1 is 1.00 bits per heavy atom. The van der Waals surface area contributed by atoms with Crippen molar-refractivity contribution in [1.82, 2.24) is 19.4 Å². The zero-order valence-corrected chi connectivity index (χ0v) is 20.1. The van der Waals surface area contributed by atoms with Crippen molar-refractivity contribution in [2.24, 2.45) is 0 Å². The first-order valence-corrected chi connectivity index (χ1v) is 11.9. The summed E-state index contributed by atoms with van der Waals surface area (Å²) in [5.41, 5.74) is 3.71. The molecule has 4 rings (SSSR count). The monoisotopic (exact) mass is 456 g/mol. The smallest absolute Gasteiger partial charge is 0.272 e. The Hall–Kier alpha value is -3.67. The summed E-state index contributed by atoms with van der Waals surface area (Å²) in [5.74, 6) is 2.17. The Kier molecular flexibility index (Phi) is 7.58. The number of nitrogens with zero attached hydrogens (tertiary/aromatic N) is 4. The number of aromatic nitrogens is 3. The molecule has 4 aromatic rings. The first kappa shape index (κ1) is 23.5. The zero-order chi connectivity index (χ0) is 23.9. The molecule has 0 N–H and O–H groups in total. The summed E-state index contributed by atoms with van der Waals surface area (Å²) < 4.78 is 8.32. The molecule has 0 aliphatic rings. The molecule has 2 heterocycles. The summed E-state index contributed by atoms with van der Waals surface area (Å²) in [6.07, 6.45) is 3.52. The van der Waals surface area contributed by atoms with Crippen molar-refractivity contribution >= 4 is 16.9 Å². The van der Waals surface area contributed by atoms with E-state index in [2.05, 4.69) is 41.6 Å². The maximum Gasteiger partial charge on any atom is 0.272 e. The SMILES string of the molecule is CC(C)c1ccccc1OCCCCn1c(CN(C)C(=O)c2ccccn2)nc2ccccc21. The molecule has 176 valence electrons. The molecule has 0 unspecified atom stereocenters. The molecule has 0 saturated heterocycles. The molecule has 6 nitrogen and oxygen atoms in total. The quantitative estimate of drug-likeness (QED) is 0.288. The van der Waals surface area contributed by atoms with Gasteiger partial charge in [-0.1, -0.05) is 50.2 Å². The standard InChI is InChI=1S/C28H32N4O2/c1-21(2)22-12-4-7-16-26(22)34-19-11-10-18-32-25-15-6-5-13-23(25)30-27(32)20-31(3)28(33)24-14-8-9-17-29-24/h4-9,12-17,21H,10-11,18-20H2,1-3H3. The van der Waals surface area contributed by atoms with E-state index in [4.69, 9.17) is 9.72 Å². The van der Waals surface area contributed by atoms with E-state index < -0.39 is 0 Å². The second-order valence-electron chi connectivity index (χ2n) is 8.79. The van der Waals surface area contributed by atoms with E-state index in [0.717, 1.165) is 42.0 Å². The largest absolute Gasteiger partial charge is 0.493 e. The van der Waals surface area contributed by atoms with Gasteiger partial charge in [0.2, 0.25) is 0 Å². The number of carbonyl (C=O) groups is 1.